The van der Waals surface area contributed by atoms with Gasteiger partial charge in [-0.1, -0.05) is 30.7 Å². The Morgan fingerprint density at radius 2 is 1.74 bits per heavy atom. The van der Waals surface area contributed by atoms with Crippen LogP contribution in [0.15, 0.2) is 54.6 Å². The Labute approximate surface area is 200 Å². The summed E-state index contributed by atoms with van der Waals surface area (Å²) in [4.78, 5) is 33.2. The Morgan fingerprint density at radius 1 is 0.912 bits per heavy atom. The standard InChI is InChI=1S/C27H32FN3O3/c28-21-9-4-12-23(17-21)34-24-18-25(31(19-24)26(32)20-7-2-1-3-8-20)27(33)30-14-6-13-29(15-16-30)22-10-5-11-22/h1-4,7-9,12,17,22,24-25H,5-6,10-11,13-16,18-19H2/t24-,25+/m0/s1. The number of benzene rings is 2. The van der Waals surface area contributed by atoms with E-state index in [0.29, 0.717) is 43.4 Å². The van der Waals surface area contributed by atoms with Gasteiger partial charge in [-0.3, -0.25) is 14.5 Å². The summed E-state index contributed by atoms with van der Waals surface area (Å²) in [5.41, 5.74) is 0.554. The number of hydrogen-bond acceptors (Lipinski definition) is 4. The number of carbonyl (C=O) groups excluding carboxylic acids is 2. The van der Waals surface area contributed by atoms with E-state index in [2.05, 4.69) is 4.90 Å². The number of amides is 2. The minimum absolute atomic E-state index is 0.00918. The topological polar surface area (TPSA) is 53.1 Å². The van der Waals surface area contributed by atoms with E-state index < -0.39 is 6.04 Å². The highest BCUT2D eigenvalue weighted by atomic mass is 19.1. The first-order valence-corrected chi connectivity index (χ1v) is 12.4. The number of carbonyl (C=O) groups is 2. The second kappa shape index (κ2) is 10.1. The molecule has 0 N–H and O–H groups in total. The fourth-order valence-electron chi connectivity index (χ4n) is 5.31. The van der Waals surface area contributed by atoms with Crippen LogP contribution in [0, 0.1) is 5.82 Å². The highest BCUT2D eigenvalue weighted by Gasteiger charge is 2.43. The molecule has 0 spiro atoms. The lowest BCUT2D eigenvalue weighted by molar-refractivity contribution is -0.135. The highest BCUT2D eigenvalue weighted by Crippen LogP contribution is 2.28. The van der Waals surface area contributed by atoms with Crippen molar-refractivity contribution in [2.75, 3.05) is 32.7 Å². The maximum Gasteiger partial charge on any atom is 0.254 e. The summed E-state index contributed by atoms with van der Waals surface area (Å²) in [5, 5.41) is 0. The number of ether oxygens (including phenoxy) is 1. The predicted octanol–water partition coefficient (Wildman–Crippen LogP) is 3.57. The van der Waals surface area contributed by atoms with Crippen molar-refractivity contribution in [3.8, 4) is 5.75 Å². The fourth-order valence-corrected chi connectivity index (χ4v) is 5.31. The van der Waals surface area contributed by atoms with Crippen LogP contribution in [-0.2, 0) is 4.79 Å². The van der Waals surface area contributed by atoms with E-state index in [0.717, 1.165) is 19.5 Å². The normalized spacial score (nSPS) is 23.9. The number of rotatable bonds is 5. The molecule has 6 nitrogen and oxygen atoms in total. The van der Waals surface area contributed by atoms with Gasteiger partial charge in [-0.15, -0.1) is 0 Å². The molecule has 2 atom stereocenters. The van der Waals surface area contributed by atoms with E-state index in [1.165, 1.54) is 31.4 Å². The third kappa shape index (κ3) is 4.94. The third-order valence-electron chi connectivity index (χ3n) is 7.36. The van der Waals surface area contributed by atoms with Gasteiger partial charge in [0.15, 0.2) is 0 Å². The van der Waals surface area contributed by atoms with E-state index in [9.17, 15) is 14.0 Å². The first-order valence-electron chi connectivity index (χ1n) is 12.4. The number of halogens is 1. The minimum Gasteiger partial charge on any atom is -0.488 e. The Balaban J connectivity index is 1.32. The molecule has 180 valence electrons. The first kappa shape index (κ1) is 22.8. The van der Waals surface area contributed by atoms with E-state index in [1.807, 2.05) is 23.1 Å². The minimum atomic E-state index is -0.582. The molecule has 2 aromatic carbocycles. The summed E-state index contributed by atoms with van der Waals surface area (Å²) in [6, 6.07) is 15.1. The number of nitrogens with zero attached hydrogens (tertiary/aromatic N) is 3. The van der Waals surface area contributed by atoms with Gasteiger partial charge in [0.2, 0.25) is 5.91 Å². The highest BCUT2D eigenvalue weighted by molar-refractivity contribution is 5.98. The van der Waals surface area contributed by atoms with Gasteiger partial charge in [0.25, 0.3) is 5.91 Å². The van der Waals surface area contributed by atoms with Crippen molar-refractivity contribution in [2.45, 2.75) is 50.3 Å². The quantitative estimate of drug-likeness (QED) is 0.678. The molecule has 1 saturated carbocycles. The molecular weight excluding hydrogens is 433 g/mol. The van der Waals surface area contributed by atoms with E-state index >= 15 is 0 Å². The van der Waals surface area contributed by atoms with Crippen LogP contribution in [0.4, 0.5) is 4.39 Å². The number of hydrogen-bond donors (Lipinski definition) is 0. The molecule has 2 amide bonds. The fraction of sp³-hybridized carbons (Fsp3) is 0.481. The van der Waals surface area contributed by atoms with Crippen molar-refractivity contribution in [1.82, 2.24) is 14.7 Å². The van der Waals surface area contributed by atoms with Gasteiger partial charge in [-0.05, 0) is 43.5 Å². The monoisotopic (exact) mass is 465 g/mol. The van der Waals surface area contributed by atoms with Gasteiger partial charge in [0.05, 0.1) is 6.54 Å². The van der Waals surface area contributed by atoms with Crippen molar-refractivity contribution in [2.24, 2.45) is 0 Å². The van der Waals surface area contributed by atoms with Gasteiger partial charge in [0, 0.05) is 50.3 Å². The molecule has 3 aliphatic rings. The van der Waals surface area contributed by atoms with Gasteiger partial charge in [-0.25, -0.2) is 4.39 Å². The van der Waals surface area contributed by atoms with Crippen molar-refractivity contribution < 1.29 is 18.7 Å². The molecule has 0 unspecified atom stereocenters. The molecule has 2 aliphatic heterocycles. The Kier molecular flexibility index (Phi) is 6.81. The SMILES string of the molecule is O=C([C@H]1C[C@H](Oc2cccc(F)c2)CN1C(=O)c1ccccc1)N1CCCN(C2CCC2)CC1. The summed E-state index contributed by atoms with van der Waals surface area (Å²) in [6.07, 6.45) is 4.79. The van der Waals surface area contributed by atoms with Crippen LogP contribution in [0.25, 0.3) is 0 Å². The van der Waals surface area contributed by atoms with Gasteiger partial charge in [0.1, 0.15) is 23.7 Å². The molecule has 2 heterocycles. The summed E-state index contributed by atoms with van der Waals surface area (Å²) in [7, 11) is 0. The lowest BCUT2D eigenvalue weighted by atomic mass is 9.91. The lowest BCUT2D eigenvalue weighted by Gasteiger charge is -2.36. The van der Waals surface area contributed by atoms with E-state index in [-0.39, 0.29) is 23.7 Å². The molecule has 7 heteroatoms. The first-order chi connectivity index (χ1) is 16.6. The van der Waals surface area contributed by atoms with Crippen molar-refractivity contribution in [1.29, 1.82) is 0 Å². The third-order valence-corrected chi connectivity index (χ3v) is 7.36. The van der Waals surface area contributed by atoms with Gasteiger partial charge in [-0.2, -0.15) is 0 Å². The molecule has 2 saturated heterocycles. The van der Waals surface area contributed by atoms with Crippen LogP contribution in [-0.4, -0.2) is 77.4 Å². The van der Waals surface area contributed by atoms with Crippen molar-refractivity contribution in [3.63, 3.8) is 0 Å². The Morgan fingerprint density at radius 3 is 2.47 bits per heavy atom. The Hall–Kier alpha value is -2.93. The average molecular weight is 466 g/mol. The number of likely N-dealkylation sites (tertiary alicyclic amines) is 1. The molecule has 5 rings (SSSR count). The van der Waals surface area contributed by atoms with Crippen LogP contribution in [0.2, 0.25) is 0 Å². The van der Waals surface area contributed by atoms with Gasteiger partial charge >= 0.3 is 0 Å². The van der Waals surface area contributed by atoms with Crippen LogP contribution in [0.3, 0.4) is 0 Å². The molecule has 34 heavy (non-hydrogen) atoms. The summed E-state index contributed by atoms with van der Waals surface area (Å²) < 4.78 is 19.7. The van der Waals surface area contributed by atoms with Crippen molar-refractivity contribution >= 4 is 11.8 Å². The van der Waals surface area contributed by atoms with Gasteiger partial charge < -0.3 is 14.5 Å². The molecule has 0 radical (unpaired) electrons. The molecule has 2 aromatic rings. The molecule has 1 aliphatic carbocycles. The zero-order valence-electron chi connectivity index (χ0n) is 19.4. The Bertz CT molecular complexity index is 1010. The molecule has 0 bridgehead atoms. The largest absolute Gasteiger partial charge is 0.488 e. The van der Waals surface area contributed by atoms with E-state index in [1.54, 1.807) is 29.2 Å². The maximum atomic E-state index is 13.7. The summed E-state index contributed by atoms with van der Waals surface area (Å²) >= 11 is 0. The van der Waals surface area contributed by atoms with Crippen molar-refractivity contribution in [3.05, 3.63) is 66.0 Å². The second-order valence-electron chi connectivity index (χ2n) is 9.57. The van der Waals surface area contributed by atoms with Crippen LogP contribution in [0.1, 0.15) is 42.5 Å². The average Bonchev–Trinajstić information content (AvgIpc) is 3.08. The smallest absolute Gasteiger partial charge is 0.254 e. The molecular formula is C27H32FN3O3. The van der Waals surface area contributed by atoms with Crippen LogP contribution < -0.4 is 4.74 Å². The maximum absolute atomic E-state index is 13.7. The predicted molar refractivity (Wildman–Crippen MR) is 127 cm³/mol. The molecule has 0 aromatic heterocycles. The lowest BCUT2D eigenvalue weighted by Crippen LogP contribution is -2.49. The van der Waals surface area contributed by atoms with Crippen LogP contribution in [0.5, 0.6) is 5.75 Å². The van der Waals surface area contributed by atoms with Crippen LogP contribution >= 0.6 is 0 Å². The summed E-state index contributed by atoms with van der Waals surface area (Å²) in [6.45, 7) is 3.61. The summed E-state index contributed by atoms with van der Waals surface area (Å²) in [5.74, 6) is -0.141. The van der Waals surface area contributed by atoms with E-state index in [4.69, 9.17) is 4.74 Å². The zero-order valence-corrected chi connectivity index (χ0v) is 19.4. The molecule has 3 fully saturated rings. The zero-order chi connectivity index (χ0) is 23.5. The second-order valence-corrected chi connectivity index (χ2v) is 9.57.